The summed E-state index contributed by atoms with van der Waals surface area (Å²) in [7, 11) is 1.38. The molecule has 0 atom stereocenters. The maximum Gasteiger partial charge on any atom is -0.0267 e. The molecule has 0 aliphatic carbocycles. The molecule has 0 saturated carbocycles. The first-order valence-electron chi connectivity index (χ1n) is 18.4. The molecule has 0 N–H and O–H groups in total. The van der Waals surface area contributed by atoms with Gasteiger partial charge in [0.1, 0.15) is 0 Å². The van der Waals surface area contributed by atoms with Gasteiger partial charge in [0.2, 0.25) is 0 Å². The van der Waals surface area contributed by atoms with E-state index < -0.39 is 0 Å². The first-order valence-corrected chi connectivity index (χ1v) is 19.4. The van der Waals surface area contributed by atoms with Crippen LogP contribution >= 0.6 is 8.58 Å². The number of hydrogen-bond donors (Lipinski definition) is 0. The van der Waals surface area contributed by atoms with Crippen molar-refractivity contribution in [2.75, 3.05) is 0 Å². The van der Waals surface area contributed by atoms with Crippen LogP contribution in [0.25, 0.3) is 0 Å². The third-order valence-electron chi connectivity index (χ3n) is 8.33. The van der Waals surface area contributed by atoms with Crippen molar-refractivity contribution in [1.29, 1.82) is 0 Å². The van der Waals surface area contributed by atoms with E-state index >= 15 is 0 Å². The highest BCUT2D eigenvalue weighted by Gasteiger charge is 1.95. The fourth-order valence-electron chi connectivity index (χ4n) is 5.59. The minimum Gasteiger partial charge on any atom is -0.0834 e. The molecule has 0 nitrogen and oxygen atoms in total. The fourth-order valence-corrected chi connectivity index (χ4v) is 6.23. The number of rotatable bonds is 34. The molecule has 0 aromatic rings. The highest BCUT2D eigenvalue weighted by Crippen LogP contribution is 2.18. The van der Waals surface area contributed by atoms with Crippen molar-refractivity contribution in [3.05, 3.63) is 23.8 Å². The summed E-state index contributed by atoms with van der Waals surface area (Å²) in [6, 6.07) is 0. The normalized spacial score (nSPS) is 11.9. The summed E-state index contributed by atoms with van der Waals surface area (Å²) in [4.78, 5) is 0. The van der Waals surface area contributed by atoms with Crippen LogP contribution in [0, 0.1) is 0 Å². The smallest absolute Gasteiger partial charge is 0.0267 e. The van der Waals surface area contributed by atoms with Crippen LogP contribution in [0.15, 0.2) is 23.8 Å². The van der Waals surface area contributed by atoms with Gasteiger partial charge in [0.05, 0.1) is 0 Å². The van der Waals surface area contributed by atoms with E-state index in [2.05, 4.69) is 37.6 Å². The molecular weight excluding hydrogens is 487 g/mol. The molecule has 0 aromatic carbocycles. The molecule has 0 bridgehead atoms. The lowest BCUT2D eigenvalue weighted by Crippen LogP contribution is -1.83. The predicted molar refractivity (Wildman–Crippen MR) is 184 cm³/mol. The summed E-state index contributed by atoms with van der Waals surface area (Å²) in [5, 5.41) is 0. The number of unbranched alkanes of at least 4 members (excludes halogenated alkanes) is 30. The van der Waals surface area contributed by atoms with Crippen molar-refractivity contribution in [3.8, 4) is 0 Å². The van der Waals surface area contributed by atoms with Gasteiger partial charge in [-0.1, -0.05) is 217 Å². The molecule has 0 spiro atoms. The maximum absolute atomic E-state index is 2.40. The van der Waals surface area contributed by atoms with Crippen LogP contribution in [0.5, 0.6) is 0 Å². The minimum atomic E-state index is 1.28. The van der Waals surface area contributed by atoms with Crippen molar-refractivity contribution < 1.29 is 0 Å². The Bertz CT molecular complexity index is 423. The van der Waals surface area contributed by atoms with Gasteiger partial charge in [-0.3, -0.25) is 0 Å². The lowest BCUT2D eigenvalue weighted by Gasteiger charge is -2.03. The van der Waals surface area contributed by atoms with Crippen LogP contribution in [-0.4, -0.2) is 0 Å². The van der Waals surface area contributed by atoms with Crippen molar-refractivity contribution in [2.24, 2.45) is 0 Å². The zero-order valence-corrected chi connectivity index (χ0v) is 28.3. The summed E-state index contributed by atoms with van der Waals surface area (Å²) < 4.78 is 0. The molecule has 0 heterocycles. The highest BCUT2D eigenvalue weighted by atomic mass is 31.1. The van der Waals surface area contributed by atoms with E-state index in [9.17, 15) is 0 Å². The molecule has 0 aliphatic heterocycles. The van der Waals surface area contributed by atoms with E-state index in [4.69, 9.17) is 0 Å². The minimum absolute atomic E-state index is 1.28. The molecule has 231 valence electrons. The van der Waals surface area contributed by atoms with E-state index in [0.29, 0.717) is 0 Å². The van der Waals surface area contributed by atoms with E-state index in [1.807, 2.05) is 0 Å². The molecule has 0 rings (SSSR count). The molecule has 1 heteroatoms. The first kappa shape index (κ1) is 38.9. The van der Waals surface area contributed by atoms with Crippen LogP contribution in [0.3, 0.4) is 0 Å². The quantitative estimate of drug-likeness (QED) is 0.0541. The van der Waals surface area contributed by atoms with Crippen LogP contribution in [0.2, 0.25) is 0 Å². The van der Waals surface area contributed by atoms with Gasteiger partial charge in [-0.15, -0.1) is 0 Å². The van der Waals surface area contributed by atoms with Crippen LogP contribution < -0.4 is 0 Å². The van der Waals surface area contributed by atoms with Gasteiger partial charge in [0.15, 0.2) is 0 Å². The predicted octanol–water partition coefficient (Wildman–Crippen LogP) is 15.5. The summed E-state index contributed by atoms with van der Waals surface area (Å²) >= 11 is 0. The largest absolute Gasteiger partial charge is 0.0834 e. The van der Waals surface area contributed by atoms with Crippen molar-refractivity contribution in [2.45, 2.75) is 219 Å². The second-order valence-electron chi connectivity index (χ2n) is 12.4. The van der Waals surface area contributed by atoms with E-state index in [1.165, 1.54) is 214 Å². The van der Waals surface area contributed by atoms with Gasteiger partial charge in [0, 0.05) is 0 Å². The lowest BCUT2D eigenvalue weighted by atomic mass is 10.0. The van der Waals surface area contributed by atoms with E-state index in [-0.39, 0.29) is 0 Å². The monoisotopic (exact) mass is 562 g/mol. The van der Waals surface area contributed by atoms with Gasteiger partial charge >= 0.3 is 0 Å². The Morgan fingerprint density at radius 1 is 0.282 bits per heavy atom. The van der Waals surface area contributed by atoms with Crippen LogP contribution in [0.4, 0.5) is 0 Å². The van der Waals surface area contributed by atoms with Gasteiger partial charge in [-0.05, 0) is 34.3 Å². The SMILES string of the molecule is CCCCCCCCCCCCCCCCC/C=C/[P]/C=C/CCCCCCCCCCCCCCCCC. The zero-order chi connectivity index (χ0) is 28.2. The second kappa shape index (κ2) is 37.9. The molecule has 0 aliphatic rings. The molecule has 0 fully saturated rings. The lowest BCUT2D eigenvalue weighted by molar-refractivity contribution is 0.533. The third kappa shape index (κ3) is 37.9. The van der Waals surface area contributed by atoms with Gasteiger partial charge < -0.3 is 0 Å². The number of allylic oxidation sites excluding steroid dienone is 2. The van der Waals surface area contributed by atoms with Crippen molar-refractivity contribution in [3.63, 3.8) is 0 Å². The van der Waals surface area contributed by atoms with E-state index in [1.54, 1.807) is 0 Å². The van der Waals surface area contributed by atoms with Crippen LogP contribution in [0.1, 0.15) is 219 Å². The van der Waals surface area contributed by atoms with Gasteiger partial charge in [-0.25, -0.2) is 0 Å². The molecule has 0 unspecified atom stereocenters. The highest BCUT2D eigenvalue weighted by molar-refractivity contribution is 7.45. The topological polar surface area (TPSA) is 0 Å². The van der Waals surface area contributed by atoms with Crippen molar-refractivity contribution in [1.82, 2.24) is 0 Å². The van der Waals surface area contributed by atoms with Gasteiger partial charge in [0.25, 0.3) is 0 Å². The zero-order valence-electron chi connectivity index (χ0n) is 27.4. The Labute approximate surface area is 251 Å². The average molecular weight is 562 g/mol. The Kier molecular flexibility index (Phi) is 37.8. The Hall–Kier alpha value is -0.0900. The molecule has 0 amide bonds. The fraction of sp³-hybridized carbons (Fsp3) is 0.895. The Morgan fingerprint density at radius 2 is 0.487 bits per heavy atom. The maximum atomic E-state index is 2.40. The van der Waals surface area contributed by atoms with Crippen LogP contribution in [-0.2, 0) is 0 Å². The Morgan fingerprint density at radius 3 is 0.718 bits per heavy atom. The summed E-state index contributed by atoms with van der Waals surface area (Å²) in [5.41, 5.74) is 0. The third-order valence-corrected chi connectivity index (χ3v) is 9.10. The molecule has 0 aromatic heterocycles. The second-order valence-corrected chi connectivity index (χ2v) is 13.3. The summed E-state index contributed by atoms with van der Waals surface area (Å²) in [5.74, 6) is 4.71. The molecular formula is C38H74P. The van der Waals surface area contributed by atoms with E-state index in [0.717, 1.165) is 0 Å². The molecule has 0 saturated heterocycles. The first-order chi connectivity index (χ1) is 19.4. The average Bonchev–Trinajstić information content (AvgIpc) is 2.95. The van der Waals surface area contributed by atoms with Crippen molar-refractivity contribution >= 4 is 8.58 Å². The van der Waals surface area contributed by atoms with Gasteiger partial charge in [-0.2, -0.15) is 0 Å². The molecule has 1 radical (unpaired) electrons. The summed E-state index contributed by atoms with van der Waals surface area (Å²) in [6.07, 6.45) is 50.9. The Balaban J connectivity index is 3.14. The summed E-state index contributed by atoms with van der Waals surface area (Å²) in [6.45, 7) is 4.61. The standard InChI is InChI=1S/C38H74P/c1-3-5-7-9-11-13-15-17-19-21-23-25-27-29-31-33-35-37-39-38-36-34-32-30-28-26-24-22-20-18-16-14-12-10-8-6-4-2/h35-38H,3-34H2,1-2H3/b37-35+,38-36+. The molecule has 39 heavy (non-hydrogen) atoms. The number of hydrogen-bond acceptors (Lipinski definition) is 0.